The van der Waals surface area contributed by atoms with E-state index in [9.17, 15) is 23.7 Å². The second kappa shape index (κ2) is 8.72. The lowest BCUT2D eigenvalue weighted by atomic mass is 10.2. The van der Waals surface area contributed by atoms with Crippen LogP contribution >= 0.6 is 0 Å². The van der Waals surface area contributed by atoms with Gasteiger partial charge in [0.15, 0.2) is 0 Å². The van der Waals surface area contributed by atoms with E-state index in [1.54, 1.807) is 0 Å². The molecule has 0 unspecified atom stereocenters. The van der Waals surface area contributed by atoms with E-state index in [-0.39, 0.29) is 17.1 Å². The number of methoxy groups -OCH3 is 1. The number of carbonyl (C=O) groups excluding carboxylic acids is 1. The van der Waals surface area contributed by atoms with Gasteiger partial charge < -0.3 is 20.1 Å². The summed E-state index contributed by atoms with van der Waals surface area (Å²) in [6.45, 7) is -2.39. The highest BCUT2D eigenvalue weighted by Crippen LogP contribution is 2.30. The Labute approximate surface area is 124 Å². The highest BCUT2D eigenvalue weighted by atomic mass is 19.3. The fourth-order valence-electron chi connectivity index (χ4n) is 1.51. The maximum Gasteiger partial charge on any atom is 0.387 e. The van der Waals surface area contributed by atoms with Crippen molar-refractivity contribution in [1.29, 1.82) is 0 Å². The molecule has 0 aliphatic carbocycles. The number of hydrogen-bond donors (Lipinski definition) is 2. The number of nitrogens with zero attached hydrogens (tertiary/aromatic N) is 1. The third-order valence-corrected chi connectivity index (χ3v) is 2.45. The molecule has 0 aliphatic rings. The Bertz CT molecular complexity index is 527. The van der Waals surface area contributed by atoms with Crippen molar-refractivity contribution in [3.8, 4) is 5.75 Å². The Morgan fingerprint density at radius 1 is 1.45 bits per heavy atom. The van der Waals surface area contributed by atoms with Gasteiger partial charge in [0, 0.05) is 32.4 Å². The number of amides is 2. The number of non-ortho nitro benzene ring substituents is 1. The number of anilines is 1. The van der Waals surface area contributed by atoms with Crippen molar-refractivity contribution in [1.82, 2.24) is 5.32 Å². The molecule has 0 spiro atoms. The number of nitro benzene ring substituents is 1. The quantitative estimate of drug-likeness (QED) is 0.435. The molecule has 0 saturated carbocycles. The molecule has 1 aromatic carbocycles. The van der Waals surface area contributed by atoms with E-state index in [1.807, 2.05) is 0 Å². The van der Waals surface area contributed by atoms with Crippen LogP contribution in [0.2, 0.25) is 0 Å². The number of rotatable bonds is 8. The van der Waals surface area contributed by atoms with E-state index in [0.717, 1.165) is 18.2 Å². The fraction of sp³-hybridized carbons (Fsp3) is 0.417. The molecule has 0 heterocycles. The van der Waals surface area contributed by atoms with Crippen LogP contribution in [0.15, 0.2) is 18.2 Å². The van der Waals surface area contributed by atoms with Gasteiger partial charge in [0.25, 0.3) is 5.69 Å². The van der Waals surface area contributed by atoms with E-state index in [1.165, 1.54) is 7.11 Å². The lowest BCUT2D eigenvalue weighted by molar-refractivity contribution is -0.384. The van der Waals surface area contributed by atoms with Crippen LogP contribution in [0.5, 0.6) is 5.75 Å². The molecule has 22 heavy (non-hydrogen) atoms. The van der Waals surface area contributed by atoms with Crippen LogP contribution < -0.4 is 15.4 Å². The normalized spacial score (nSPS) is 10.4. The Kier molecular flexibility index (Phi) is 6.96. The van der Waals surface area contributed by atoms with Gasteiger partial charge in [-0.2, -0.15) is 8.78 Å². The van der Waals surface area contributed by atoms with Crippen LogP contribution in [0.4, 0.5) is 25.0 Å². The average Bonchev–Trinajstić information content (AvgIpc) is 2.44. The summed E-state index contributed by atoms with van der Waals surface area (Å²) in [4.78, 5) is 21.6. The Morgan fingerprint density at radius 2 is 2.18 bits per heavy atom. The molecule has 0 aliphatic heterocycles. The van der Waals surface area contributed by atoms with Crippen molar-refractivity contribution in [3.63, 3.8) is 0 Å². The number of benzene rings is 1. The van der Waals surface area contributed by atoms with Gasteiger partial charge in [0.1, 0.15) is 5.75 Å². The summed E-state index contributed by atoms with van der Waals surface area (Å²) in [5.41, 5.74) is -0.588. The lowest BCUT2D eigenvalue weighted by Gasteiger charge is -2.12. The number of nitro groups is 1. The molecule has 10 heteroatoms. The largest absolute Gasteiger partial charge is 0.433 e. The van der Waals surface area contributed by atoms with Crippen LogP contribution in [0.1, 0.15) is 6.42 Å². The summed E-state index contributed by atoms with van der Waals surface area (Å²) >= 11 is 0. The maximum absolute atomic E-state index is 12.3. The van der Waals surface area contributed by atoms with Crippen LogP contribution in [0.3, 0.4) is 0 Å². The zero-order chi connectivity index (χ0) is 16.5. The zero-order valence-electron chi connectivity index (χ0n) is 11.7. The lowest BCUT2D eigenvalue weighted by Crippen LogP contribution is -2.30. The molecule has 0 atom stereocenters. The first-order valence-electron chi connectivity index (χ1n) is 6.21. The fourth-order valence-corrected chi connectivity index (χ4v) is 1.51. The monoisotopic (exact) mass is 319 g/mol. The maximum atomic E-state index is 12.3. The van der Waals surface area contributed by atoms with Gasteiger partial charge in [-0.15, -0.1) is 0 Å². The zero-order valence-corrected chi connectivity index (χ0v) is 11.7. The predicted molar refractivity (Wildman–Crippen MR) is 73.2 cm³/mol. The number of carbonyl (C=O) groups is 1. The first kappa shape index (κ1) is 17.6. The van der Waals surface area contributed by atoms with Gasteiger partial charge in [0.05, 0.1) is 10.6 Å². The van der Waals surface area contributed by atoms with Crippen molar-refractivity contribution in [2.24, 2.45) is 0 Å². The van der Waals surface area contributed by atoms with Crippen molar-refractivity contribution < 1.29 is 28.0 Å². The van der Waals surface area contributed by atoms with E-state index >= 15 is 0 Å². The van der Waals surface area contributed by atoms with E-state index in [0.29, 0.717) is 19.6 Å². The van der Waals surface area contributed by atoms with Crippen LogP contribution in [0.25, 0.3) is 0 Å². The standard InChI is InChI=1S/C12H15F2N3O5/c1-21-6-2-5-15-12(18)16-9-7-8(17(19)20)3-4-10(9)22-11(13)14/h3-4,7,11H,2,5-6H2,1H3,(H2,15,16,18). The van der Waals surface area contributed by atoms with Crippen molar-refractivity contribution in [2.75, 3.05) is 25.6 Å². The van der Waals surface area contributed by atoms with Crippen molar-refractivity contribution in [2.45, 2.75) is 13.0 Å². The van der Waals surface area contributed by atoms with Gasteiger partial charge in [-0.05, 0) is 12.5 Å². The SMILES string of the molecule is COCCCNC(=O)Nc1cc([N+](=O)[O-])ccc1OC(F)F. The van der Waals surface area contributed by atoms with E-state index in [2.05, 4.69) is 15.4 Å². The van der Waals surface area contributed by atoms with Gasteiger partial charge in [-0.25, -0.2) is 4.79 Å². The minimum absolute atomic E-state index is 0.223. The van der Waals surface area contributed by atoms with Gasteiger partial charge >= 0.3 is 12.6 Å². The number of alkyl halides is 2. The number of hydrogen-bond acceptors (Lipinski definition) is 5. The highest BCUT2D eigenvalue weighted by molar-refractivity contribution is 5.91. The third-order valence-electron chi connectivity index (χ3n) is 2.45. The number of urea groups is 1. The Hall–Kier alpha value is -2.49. The molecule has 8 nitrogen and oxygen atoms in total. The molecule has 0 saturated heterocycles. The minimum atomic E-state index is -3.12. The summed E-state index contributed by atoms with van der Waals surface area (Å²) in [6.07, 6.45) is 0.555. The molecule has 0 radical (unpaired) electrons. The van der Waals surface area contributed by atoms with E-state index in [4.69, 9.17) is 4.74 Å². The van der Waals surface area contributed by atoms with Crippen LogP contribution in [-0.2, 0) is 4.74 Å². The molecular formula is C12H15F2N3O5. The second-order valence-corrected chi connectivity index (χ2v) is 4.04. The second-order valence-electron chi connectivity index (χ2n) is 4.04. The van der Waals surface area contributed by atoms with Gasteiger partial charge in [0.2, 0.25) is 0 Å². The molecule has 2 amide bonds. The van der Waals surface area contributed by atoms with Crippen molar-refractivity contribution >= 4 is 17.4 Å². The highest BCUT2D eigenvalue weighted by Gasteiger charge is 2.16. The Balaban J connectivity index is 2.78. The summed E-state index contributed by atoms with van der Waals surface area (Å²) in [5, 5.41) is 15.4. The number of halogens is 2. The van der Waals surface area contributed by atoms with Crippen LogP contribution in [-0.4, -0.2) is 37.8 Å². The summed E-state index contributed by atoms with van der Waals surface area (Å²) in [6, 6.07) is 2.23. The van der Waals surface area contributed by atoms with Crippen molar-refractivity contribution in [3.05, 3.63) is 28.3 Å². The molecule has 122 valence electrons. The first-order valence-corrected chi connectivity index (χ1v) is 6.21. The molecule has 2 N–H and O–H groups in total. The van der Waals surface area contributed by atoms with Gasteiger partial charge in [-0.1, -0.05) is 0 Å². The molecule has 1 aromatic rings. The predicted octanol–water partition coefficient (Wildman–Crippen LogP) is 2.35. The Morgan fingerprint density at radius 3 is 2.77 bits per heavy atom. The molecule has 0 fully saturated rings. The topological polar surface area (TPSA) is 103 Å². The first-order chi connectivity index (χ1) is 10.4. The average molecular weight is 319 g/mol. The summed E-state index contributed by atoms with van der Waals surface area (Å²) in [5.74, 6) is -0.368. The molecule has 1 rings (SSSR count). The third kappa shape index (κ3) is 5.87. The molecule has 0 aromatic heterocycles. The molecular weight excluding hydrogens is 304 g/mol. The smallest absolute Gasteiger partial charge is 0.387 e. The van der Waals surface area contributed by atoms with Crippen LogP contribution in [0, 0.1) is 10.1 Å². The minimum Gasteiger partial charge on any atom is -0.433 e. The summed E-state index contributed by atoms with van der Waals surface area (Å²) in [7, 11) is 1.51. The molecule has 0 bridgehead atoms. The van der Waals surface area contributed by atoms with Gasteiger partial charge in [-0.3, -0.25) is 10.1 Å². The summed E-state index contributed by atoms with van der Waals surface area (Å²) < 4.78 is 33.6. The number of ether oxygens (including phenoxy) is 2. The van der Waals surface area contributed by atoms with E-state index < -0.39 is 17.6 Å². The number of nitrogens with one attached hydrogen (secondary N) is 2.